The van der Waals surface area contributed by atoms with Crippen LogP contribution < -0.4 is 5.32 Å². The number of nitrogens with zero attached hydrogens (tertiary/aromatic N) is 1. The summed E-state index contributed by atoms with van der Waals surface area (Å²) in [6.45, 7) is 3.66. The van der Waals surface area contributed by atoms with Gasteiger partial charge in [0.2, 0.25) is 0 Å². The first kappa shape index (κ1) is 12.1. The fourth-order valence-corrected chi connectivity index (χ4v) is 1.31. The molecule has 0 aliphatic carbocycles. The lowest BCUT2D eigenvalue weighted by atomic mass is 10.1. The van der Waals surface area contributed by atoms with E-state index in [0.29, 0.717) is 13.2 Å². The van der Waals surface area contributed by atoms with Gasteiger partial charge in [-0.05, 0) is 24.1 Å². The molecule has 1 atom stereocenters. The largest absolute Gasteiger partial charge is 0.389 e. The molecule has 0 bridgehead atoms. The van der Waals surface area contributed by atoms with Crippen molar-refractivity contribution >= 4 is 0 Å². The normalized spacial score (nSPS) is 12.7. The molecule has 0 saturated heterocycles. The molecule has 0 aromatic carbocycles. The van der Waals surface area contributed by atoms with Crippen LogP contribution in [0.5, 0.6) is 0 Å². The van der Waals surface area contributed by atoms with Crippen molar-refractivity contribution in [2.45, 2.75) is 19.6 Å². The van der Waals surface area contributed by atoms with Gasteiger partial charge in [0.1, 0.15) is 0 Å². The van der Waals surface area contributed by atoms with Gasteiger partial charge in [0, 0.05) is 32.6 Å². The van der Waals surface area contributed by atoms with E-state index < -0.39 is 6.10 Å². The summed E-state index contributed by atoms with van der Waals surface area (Å²) in [6.07, 6.45) is 3.16. The maximum atomic E-state index is 9.39. The minimum absolute atomic E-state index is 0.360. The third-order valence-corrected chi connectivity index (χ3v) is 2.20. The Morgan fingerprint density at radius 3 is 3.07 bits per heavy atom. The fourth-order valence-electron chi connectivity index (χ4n) is 1.31. The summed E-state index contributed by atoms with van der Waals surface area (Å²) < 4.78 is 4.83. The van der Waals surface area contributed by atoms with Crippen molar-refractivity contribution in [2.75, 3.05) is 20.3 Å². The molecule has 4 nitrogen and oxygen atoms in total. The molecule has 0 saturated carbocycles. The highest BCUT2D eigenvalue weighted by Crippen LogP contribution is 2.03. The Balaban J connectivity index is 2.29. The number of nitrogens with one attached hydrogen (secondary N) is 1. The van der Waals surface area contributed by atoms with Crippen LogP contribution in [0.4, 0.5) is 0 Å². The van der Waals surface area contributed by atoms with Crippen LogP contribution in [0.2, 0.25) is 0 Å². The van der Waals surface area contributed by atoms with Crippen molar-refractivity contribution in [3.63, 3.8) is 0 Å². The first-order chi connectivity index (χ1) is 7.24. The highest BCUT2D eigenvalue weighted by Gasteiger charge is 2.03. The Labute approximate surface area is 90.3 Å². The molecule has 0 fully saturated rings. The molecule has 0 spiro atoms. The van der Waals surface area contributed by atoms with Crippen LogP contribution >= 0.6 is 0 Å². The Bertz CT molecular complexity index is 292. The summed E-state index contributed by atoms with van der Waals surface area (Å²) in [5, 5.41) is 12.6. The Morgan fingerprint density at radius 1 is 1.60 bits per heavy atom. The van der Waals surface area contributed by atoms with Crippen LogP contribution in [0.3, 0.4) is 0 Å². The molecular formula is C11H18N2O2. The molecule has 15 heavy (non-hydrogen) atoms. The quantitative estimate of drug-likeness (QED) is 0.717. The Morgan fingerprint density at radius 2 is 2.40 bits per heavy atom. The number of aryl methyl sites for hydroxylation is 1. The average molecular weight is 210 g/mol. The molecule has 1 heterocycles. The summed E-state index contributed by atoms with van der Waals surface area (Å²) in [6, 6.07) is 1.97. The topological polar surface area (TPSA) is 54.4 Å². The molecule has 0 aliphatic heterocycles. The standard InChI is InChI=1S/C11H18N2O2/c1-9-3-4-12-5-10(9)6-13-7-11(14)8-15-2/h3-5,11,13-14H,6-8H2,1-2H3. The summed E-state index contributed by atoms with van der Waals surface area (Å²) in [4.78, 5) is 4.05. The number of aliphatic hydroxyl groups is 1. The van der Waals surface area contributed by atoms with Gasteiger partial charge in [-0.25, -0.2) is 0 Å². The van der Waals surface area contributed by atoms with Crippen molar-refractivity contribution in [3.05, 3.63) is 29.6 Å². The van der Waals surface area contributed by atoms with E-state index >= 15 is 0 Å². The highest BCUT2D eigenvalue weighted by molar-refractivity contribution is 5.20. The Hall–Kier alpha value is -0.970. The van der Waals surface area contributed by atoms with Gasteiger partial charge in [-0.3, -0.25) is 4.98 Å². The summed E-state index contributed by atoms with van der Waals surface area (Å²) in [5.74, 6) is 0. The van der Waals surface area contributed by atoms with Crippen molar-refractivity contribution in [1.82, 2.24) is 10.3 Å². The van der Waals surface area contributed by atoms with E-state index in [1.165, 1.54) is 5.56 Å². The first-order valence-corrected chi connectivity index (χ1v) is 5.01. The average Bonchev–Trinajstić information content (AvgIpc) is 2.21. The van der Waals surface area contributed by atoms with Crippen LogP contribution in [0.15, 0.2) is 18.5 Å². The number of pyridine rings is 1. The second-order valence-corrected chi connectivity index (χ2v) is 3.54. The van der Waals surface area contributed by atoms with Gasteiger partial charge in [0.05, 0.1) is 12.7 Å². The first-order valence-electron chi connectivity index (χ1n) is 5.01. The zero-order valence-corrected chi connectivity index (χ0v) is 9.23. The van der Waals surface area contributed by atoms with Gasteiger partial charge < -0.3 is 15.2 Å². The number of methoxy groups -OCH3 is 1. The number of ether oxygens (including phenoxy) is 1. The zero-order valence-electron chi connectivity index (χ0n) is 9.23. The van der Waals surface area contributed by atoms with Gasteiger partial charge in [-0.2, -0.15) is 0 Å². The predicted octanol–water partition coefficient (Wildman–Crippen LogP) is 0.487. The van der Waals surface area contributed by atoms with Crippen molar-refractivity contribution in [3.8, 4) is 0 Å². The number of rotatable bonds is 6. The van der Waals surface area contributed by atoms with E-state index in [0.717, 1.165) is 12.1 Å². The van der Waals surface area contributed by atoms with Crippen LogP contribution in [0.25, 0.3) is 0 Å². The van der Waals surface area contributed by atoms with E-state index in [2.05, 4.69) is 10.3 Å². The summed E-state index contributed by atoms with van der Waals surface area (Å²) in [7, 11) is 1.58. The molecule has 84 valence electrons. The molecule has 0 amide bonds. The van der Waals surface area contributed by atoms with Gasteiger partial charge in [-0.15, -0.1) is 0 Å². The second-order valence-electron chi connectivity index (χ2n) is 3.54. The van der Waals surface area contributed by atoms with Crippen molar-refractivity contribution < 1.29 is 9.84 Å². The van der Waals surface area contributed by atoms with Crippen molar-refractivity contribution in [2.24, 2.45) is 0 Å². The maximum Gasteiger partial charge on any atom is 0.0897 e. The van der Waals surface area contributed by atoms with E-state index in [9.17, 15) is 5.11 Å². The Kier molecular flexibility index (Phi) is 5.25. The maximum absolute atomic E-state index is 9.39. The fraction of sp³-hybridized carbons (Fsp3) is 0.545. The van der Waals surface area contributed by atoms with Crippen LogP contribution in [0, 0.1) is 6.92 Å². The van der Waals surface area contributed by atoms with Crippen LogP contribution in [-0.4, -0.2) is 36.5 Å². The SMILES string of the molecule is COCC(O)CNCc1cnccc1C. The van der Waals surface area contributed by atoms with Crippen molar-refractivity contribution in [1.29, 1.82) is 0 Å². The van der Waals surface area contributed by atoms with Gasteiger partial charge in [0.25, 0.3) is 0 Å². The zero-order chi connectivity index (χ0) is 11.1. The minimum Gasteiger partial charge on any atom is -0.389 e. The monoisotopic (exact) mass is 210 g/mol. The highest BCUT2D eigenvalue weighted by atomic mass is 16.5. The van der Waals surface area contributed by atoms with Crippen LogP contribution in [0.1, 0.15) is 11.1 Å². The predicted molar refractivity (Wildman–Crippen MR) is 58.6 cm³/mol. The molecule has 1 aromatic heterocycles. The van der Waals surface area contributed by atoms with Gasteiger partial charge in [-0.1, -0.05) is 0 Å². The minimum atomic E-state index is -0.452. The van der Waals surface area contributed by atoms with E-state index in [1.807, 2.05) is 19.2 Å². The molecule has 1 rings (SSSR count). The molecule has 1 aromatic rings. The summed E-state index contributed by atoms with van der Waals surface area (Å²) >= 11 is 0. The smallest absolute Gasteiger partial charge is 0.0897 e. The molecule has 2 N–H and O–H groups in total. The number of hydrogen-bond acceptors (Lipinski definition) is 4. The number of aromatic nitrogens is 1. The summed E-state index contributed by atoms with van der Waals surface area (Å²) in [5.41, 5.74) is 2.36. The molecular weight excluding hydrogens is 192 g/mol. The van der Waals surface area contributed by atoms with Crippen LogP contribution in [-0.2, 0) is 11.3 Å². The molecule has 1 unspecified atom stereocenters. The van der Waals surface area contributed by atoms with Gasteiger partial charge >= 0.3 is 0 Å². The third-order valence-electron chi connectivity index (χ3n) is 2.20. The number of hydrogen-bond donors (Lipinski definition) is 2. The lowest BCUT2D eigenvalue weighted by molar-refractivity contribution is 0.0644. The van der Waals surface area contributed by atoms with E-state index in [1.54, 1.807) is 13.3 Å². The molecule has 0 radical (unpaired) electrons. The third kappa shape index (κ3) is 4.38. The lowest BCUT2D eigenvalue weighted by Gasteiger charge is -2.11. The lowest BCUT2D eigenvalue weighted by Crippen LogP contribution is -2.29. The van der Waals surface area contributed by atoms with E-state index in [-0.39, 0.29) is 0 Å². The van der Waals surface area contributed by atoms with E-state index in [4.69, 9.17) is 4.74 Å². The molecule has 0 aliphatic rings. The second kappa shape index (κ2) is 6.50. The molecule has 4 heteroatoms. The van der Waals surface area contributed by atoms with Gasteiger partial charge in [0.15, 0.2) is 0 Å². The number of aliphatic hydroxyl groups excluding tert-OH is 1.